The molecule has 0 saturated carbocycles. The second-order valence-electron chi connectivity index (χ2n) is 21.3. The van der Waals surface area contributed by atoms with Crippen molar-refractivity contribution in [1.29, 1.82) is 0 Å². The molecular weight excluding hydrogens is 796 g/mol. The normalized spacial score (nSPS) is 14.9. The van der Waals surface area contributed by atoms with Crippen molar-refractivity contribution in [3.8, 4) is 27.9 Å². The lowest BCUT2D eigenvalue weighted by molar-refractivity contribution is 0.590. The number of fused-ring (bicyclic) bond motifs is 18. The minimum atomic E-state index is -0.122. The fourth-order valence-corrected chi connectivity index (χ4v) is 13.2. The van der Waals surface area contributed by atoms with E-state index in [0.29, 0.717) is 0 Å². The molecule has 8 aromatic carbocycles. The van der Waals surface area contributed by atoms with Crippen molar-refractivity contribution in [1.82, 2.24) is 4.57 Å². The molecule has 308 valence electrons. The SMILES string of the molecule is CC(C)(C)c1ccc(N2B3c4cc5oc6ccccc6c5cc4-n4c5ccc6c(c5c5ccc(c3c54)-c3cc4sc5cc(C(C)(C)C)ccc5c4cc32)-c2ccccc2C6(C)C)cc1. The number of aromatic nitrogens is 1. The summed E-state index contributed by atoms with van der Waals surface area (Å²) in [7, 11) is 0. The summed E-state index contributed by atoms with van der Waals surface area (Å²) in [6.45, 7) is 18.5. The number of para-hydroxylation sites is 1. The first-order chi connectivity index (χ1) is 30.8. The first-order valence-corrected chi connectivity index (χ1v) is 23.7. The van der Waals surface area contributed by atoms with Crippen molar-refractivity contribution in [2.75, 3.05) is 4.81 Å². The van der Waals surface area contributed by atoms with Crippen LogP contribution in [0.15, 0.2) is 144 Å². The van der Waals surface area contributed by atoms with E-state index < -0.39 is 0 Å². The van der Waals surface area contributed by atoms with Gasteiger partial charge in [-0.2, -0.15) is 0 Å². The number of furan rings is 1. The highest BCUT2D eigenvalue weighted by Crippen LogP contribution is 2.55. The third kappa shape index (κ3) is 4.63. The van der Waals surface area contributed by atoms with E-state index in [1.165, 1.54) is 114 Å². The Morgan fingerprint density at radius 1 is 0.547 bits per heavy atom. The van der Waals surface area contributed by atoms with Gasteiger partial charge in [0, 0.05) is 69.8 Å². The fourth-order valence-electron chi connectivity index (χ4n) is 12.0. The molecule has 0 spiro atoms. The van der Waals surface area contributed by atoms with Crippen LogP contribution < -0.4 is 15.7 Å². The molecule has 0 amide bonds. The molecule has 3 nitrogen and oxygen atoms in total. The van der Waals surface area contributed by atoms with Gasteiger partial charge in [0.25, 0.3) is 0 Å². The Kier molecular flexibility index (Phi) is 6.89. The van der Waals surface area contributed by atoms with Crippen molar-refractivity contribution in [2.24, 2.45) is 0 Å². The van der Waals surface area contributed by atoms with E-state index in [1.54, 1.807) is 0 Å². The molecule has 3 aromatic heterocycles. The molecule has 1 aliphatic carbocycles. The van der Waals surface area contributed by atoms with Crippen molar-refractivity contribution in [3.63, 3.8) is 0 Å². The predicted molar refractivity (Wildman–Crippen MR) is 275 cm³/mol. The molecular formula is C59H47BN2OS. The molecule has 0 N–H and O–H groups in total. The minimum absolute atomic E-state index is 0.0312. The van der Waals surface area contributed by atoms with Gasteiger partial charge in [0.15, 0.2) is 0 Å². The van der Waals surface area contributed by atoms with E-state index in [0.717, 1.165) is 21.9 Å². The maximum atomic E-state index is 6.78. The third-order valence-electron chi connectivity index (χ3n) is 15.3. The largest absolute Gasteiger partial charge is 0.456 e. The molecule has 11 aromatic rings. The lowest BCUT2D eigenvalue weighted by Crippen LogP contribution is -2.60. The van der Waals surface area contributed by atoms with Gasteiger partial charge in [-0.15, -0.1) is 11.3 Å². The quantitative estimate of drug-likeness (QED) is 0.154. The van der Waals surface area contributed by atoms with Gasteiger partial charge in [0.1, 0.15) is 11.2 Å². The van der Waals surface area contributed by atoms with E-state index in [-0.39, 0.29) is 23.1 Å². The van der Waals surface area contributed by atoms with Crippen molar-refractivity contribution < 1.29 is 4.42 Å². The maximum absolute atomic E-state index is 6.78. The molecule has 0 saturated heterocycles. The first-order valence-electron chi connectivity index (χ1n) is 22.9. The third-order valence-corrected chi connectivity index (χ3v) is 16.4. The van der Waals surface area contributed by atoms with Gasteiger partial charge in [-0.25, -0.2) is 0 Å². The van der Waals surface area contributed by atoms with Crippen LogP contribution in [0.25, 0.3) is 91.9 Å². The Balaban J connectivity index is 1.16. The average molecular weight is 843 g/mol. The Labute approximate surface area is 377 Å². The van der Waals surface area contributed by atoms with Gasteiger partial charge < -0.3 is 13.8 Å². The van der Waals surface area contributed by atoms with Crippen LogP contribution in [0, 0.1) is 0 Å². The second-order valence-corrected chi connectivity index (χ2v) is 22.4. The molecule has 0 bridgehead atoms. The zero-order valence-corrected chi connectivity index (χ0v) is 38.4. The van der Waals surface area contributed by atoms with Crippen LogP contribution in [0.5, 0.6) is 0 Å². The zero-order chi connectivity index (χ0) is 43.3. The van der Waals surface area contributed by atoms with Crippen LogP contribution in [-0.4, -0.2) is 11.4 Å². The number of rotatable bonds is 1. The van der Waals surface area contributed by atoms with Gasteiger partial charge in [0.2, 0.25) is 0 Å². The molecule has 3 aliphatic rings. The maximum Gasteiger partial charge on any atom is 0.333 e. The summed E-state index contributed by atoms with van der Waals surface area (Å²) in [5.74, 6) is 0. The van der Waals surface area contributed by atoms with Crippen LogP contribution >= 0.6 is 11.3 Å². The Hall–Kier alpha value is -6.56. The number of hydrogen-bond acceptors (Lipinski definition) is 3. The lowest BCUT2D eigenvalue weighted by atomic mass is 9.44. The molecule has 0 atom stereocenters. The summed E-state index contributed by atoms with van der Waals surface area (Å²) in [4.78, 5) is 2.67. The Morgan fingerprint density at radius 2 is 1.27 bits per heavy atom. The monoisotopic (exact) mass is 842 g/mol. The fraction of sp³-hybridized carbons (Fsp3) is 0.186. The van der Waals surface area contributed by atoms with Crippen molar-refractivity contribution in [3.05, 3.63) is 162 Å². The molecule has 0 unspecified atom stereocenters. The van der Waals surface area contributed by atoms with Gasteiger partial charge in [-0.1, -0.05) is 140 Å². The van der Waals surface area contributed by atoms with Gasteiger partial charge in [-0.05, 0) is 115 Å². The summed E-state index contributed by atoms with van der Waals surface area (Å²) in [6, 6.07) is 53.8. The molecule has 14 rings (SSSR count). The van der Waals surface area contributed by atoms with Crippen LogP contribution in [0.4, 0.5) is 11.4 Å². The molecule has 0 radical (unpaired) electrons. The van der Waals surface area contributed by atoms with Crippen molar-refractivity contribution in [2.45, 2.75) is 71.6 Å². The molecule has 5 heteroatoms. The summed E-state index contributed by atoms with van der Waals surface area (Å²) < 4.78 is 12.1. The predicted octanol–water partition coefficient (Wildman–Crippen LogP) is 15.2. The Morgan fingerprint density at radius 3 is 2.08 bits per heavy atom. The lowest BCUT2D eigenvalue weighted by Gasteiger charge is -2.42. The number of anilines is 2. The first kappa shape index (κ1) is 36.9. The van der Waals surface area contributed by atoms with E-state index >= 15 is 0 Å². The van der Waals surface area contributed by atoms with Crippen LogP contribution in [0.3, 0.4) is 0 Å². The van der Waals surface area contributed by atoms with E-state index in [1.807, 2.05) is 11.3 Å². The highest BCUT2D eigenvalue weighted by Gasteiger charge is 2.46. The van der Waals surface area contributed by atoms with Gasteiger partial charge in [0.05, 0.1) is 11.0 Å². The standard InChI is InChI=1S/C59H47BN2OS/c1-57(2,3)32-17-20-34(21-18-32)62-47-29-42-36-22-19-33(58(4,5)6)27-51(36)64-52(42)30-40(47)37-23-24-39-54-46(26-25-44-53(54)38-14-9-11-15-43(38)59(44,7)8)61-48-28-41-35-13-10-12-16-49(35)63-50(41)31-45(48)60(62)55(37)56(39)61/h9-31H,1-8H3. The highest BCUT2D eigenvalue weighted by atomic mass is 32.1. The van der Waals surface area contributed by atoms with E-state index in [2.05, 4.69) is 204 Å². The Bertz CT molecular complexity index is 3900. The summed E-state index contributed by atoms with van der Waals surface area (Å²) in [5.41, 5.74) is 21.5. The molecule has 0 fully saturated rings. The summed E-state index contributed by atoms with van der Waals surface area (Å²) in [5, 5.41) is 7.60. The van der Waals surface area contributed by atoms with E-state index in [9.17, 15) is 0 Å². The van der Waals surface area contributed by atoms with Gasteiger partial charge in [-0.3, -0.25) is 0 Å². The number of nitrogens with zero attached hydrogens (tertiary/aromatic N) is 2. The number of hydrogen-bond donors (Lipinski definition) is 0. The molecule has 5 heterocycles. The van der Waals surface area contributed by atoms with Crippen LogP contribution in [0.1, 0.15) is 77.6 Å². The molecule has 64 heavy (non-hydrogen) atoms. The number of thiophene rings is 1. The van der Waals surface area contributed by atoms with E-state index in [4.69, 9.17) is 4.42 Å². The number of benzene rings is 8. The summed E-state index contributed by atoms with van der Waals surface area (Å²) in [6.07, 6.45) is 0. The average Bonchev–Trinajstić information content (AvgIpc) is 4.00. The second kappa shape index (κ2) is 12.0. The molecule has 2 aliphatic heterocycles. The van der Waals surface area contributed by atoms with Gasteiger partial charge >= 0.3 is 6.85 Å². The highest BCUT2D eigenvalue weighted by molar-refractivity contribution is 7.25. The van der Waals surface area contributed by atoms with Crippen molar-refractivity contribution >= 4 is 104 Å². The summed E-state index contributed by atoms with van der Waals surface area (Å²) >= 11 is 1.93. The zero-order valence-electron chi connectivity index (χ0n) is 37.6. The minimum Gasteiger partial charge on any atom is -0.456 e. The smallest absolute Gasteiger partial charge is 0.333 e. The van der Waals surface area contributed by atoms with Crippen LogP contribution in [0.2, 0.25) is 0 Å². The topological polar surface area (TPSA) is 21.3 Å². The van der Waals surface area contributed by atoms with Crippen LogP contribution in [-0.2, 0) is 16.2 Å².